The Morgan fingerprint density at radius 1 is 1.05 bits per heavy atom. The van der Waals surface area contributed by atoms with Crippen LogP contribution >= 0.6 is 0 Å². The fourth-order valence-electron chi connectivity index (χ4n) is 1.79. The first-order chi connectivity index (χ1) is 8.95. The first kappa shape index (κ1) is 20.4. The molecular formula is C13H18BF4KO. The Hall–Kier alpha value is 0.441. The van der Waals surface area contributed by atoms with E-state index >= 15 is 0 Å². The van der Waals surface area contributed by atoms with Gasteiger partial charge in [-0.05, 0) is 12.5 Å². The molecule has 0 unspecified atom stereocenters. The molecule has 0 aliphatic rings. The molecule has 1 rings (SSSR count). The van der Waals surface area contributed by atoms with Crippen LogP contribution < -0.4 is 61.6 Å². The number of hydrogen-bond acceptors (Lipinski definition) is 1. The van der Waals surface area contributed by atoms with Gasteiger partial charge in [-0.3, -0.25) is 0 Å². The van der Waals surface area contributed by atoms with Gasteiger partial charge in [0.2, 0.25) is 0 Å². The van der Waals surface area contributed by atoms with E-state index in [1.54, 1.807) is 0 Å². The van der Waals surface area contributed by atoms with Crippen molar-refractivity contribution in [3.05, 3.63) is 24.0 Å². The van der Waals surface area contributed by atoms with Crippen LogP contribution in [-0.2, 0) is 0 Å². The first-order valence-corrected chi connectivity index (χ1v) is 6.57. The summed E-state index contributed by atoms with van der Waals surface area (Å²) in [6.07, 6.45) is 4.85. The van der Waals surface area contributed by atoms with Gasteiger partial charge in [-0.1, -0.05) is 44.1 Å². The minimum Gasteiger partial charge on any atom is -0.496 e. The Morgan fingerprint density at radius 2 is 1.70 bits per heavy atom. The quantitative estimate of drug-likeness (QED) is 0.398. The number of ether oxygens (including phenoxy) is 1. The van der Waals surface area contributed by atoms with Crippen molar-refractivity contribution < 1.29 is 73.5 Å². The third kappa shape index (κ3) is 7.45. The number of hydrogen-bond donors (Lipinski definition) is 0. The van der Waals surface area contributed by atoms with Crippen molar-refractivity contribution in [1.29, 1.82) is 0 Å². The van der Waals surface area contributed by atoms with E-state index in [4.69, 9.17) is 4.74 Å². The van der Waals surface area contributed by atoms with Crippen LogP contribution in [0.2, 0.25) is 0 Å². The third-order valence-electron chi connectivity index (χ3n) is 2.83. The minimum atomic E-state index is -5.18. The molecule has 0 saturated carbocycles. The van der Waals surface area contributed by atoms with Gasteiger partial charge in [-0.2, -0.15) is 0 Å². The molecule has 0 fully saturated rings. The zero-order chi connectivity index (χ0) is 14.3. The van der Waals surface area contributed by atoms with Gasteiger partial charge in [0.1, 0.15) is 5.82 Å². The predicted octanol–water partition coefficient (Wildman–Crippen LogP) is 1.23. The van der Waals surface area contributed by atoms with Gasteiger partial charge in [-0.15, -0.1) is 0 Å². The fourth-order valence-corrected chi connectivity index (χ4v) is 1.79. The van der Waals surface area contributed by atoms with Crippen molar-refractivity contribution >= 4 is 12.4 Å². The van der Waals surface area contributed by atoms with Crippen LogP contribution in [0.25, 0.3) is 0 Å². The van der Waals surface area contributed by atoms with Crippen molar-refractivity contribution in [3.63, 3.8) is 0 Å². The second-order valence-corrected chi connectivity index (χ2v) is 4.52. The summed E-state index contributed by atoms with van der Waals surface area (Å²) in [5, 5.41) is 0. The summed E-state index contributed by atoms with van der Waals surface area (Å²) in [7, 11) is 0. The van der Waals surface area contributed by atoms with Crippen LogP contribution in [0.1, 0.15) is 39.0 Å². The van der Waals surface area contributed by atoms with Crippen molar-refractivity contribution in [1.82, 2.24) is 0 Å². The van der Waals surface area contributed by atoms with Crippen molar-refractivity contribution in [2.24, 2.45) is 0 Å². The molecule has 0 aromatic heterocycles. The van der Waals surface area contributed by atoms with Crippen LogP contribution in [0, 0.1) is 5.82 Å². The molecular weight excluding hydrogens is 298 g/mol. The van der Waals surface area contributed by atoms with E-state index in [-0.39, 0.29) is 58.0 Å². The molecule has 0 aliphatic carbocycles. The SMILES string of the molecule is CCCCCCCOc1cc(F)ccc1[B-](F)(F)F.[K+]. The summed E-state index contributed by atoms with van der Waals surface area (Å²) in [6.45, 7) is -2.90. The molecule has 1 aromatic rings. The summed E-state index contributed by atoms with van der Waals surface area (Å²) in [5.41, 5.74) is -0.866. The van der Waals surface area contributed by atoms with E-state index in [0.717, 1.165) is 43.9 Å². The van der Waals surface area contributed by atoms with Crippen molar-refractivity contribution in [3.8, 4) is 5.75 Å². The number of rotatable bonds is 8. The standard InChI is InChI=1S/C13H18BF4O.K/c1-2-3-4-5-6-9-19-13-10-11(15)7-8-12(13)14(16,17)18;/h7-8,10H,2-6,9H2,1H3;/q-1;+1. The molecule has 0 bridgehead atoms. The third-order valence-corrected chi connectivity index (χ3v) is 2.83. The molecule has 0 radical (unpaired) electrons. The van der Waals surface area contributed by atoms with Gasteiger partial charge in [0.05, 0.1) is 12.4 Å². The summed E-state index contributed by atoms with van der Waals surface area (Å²) < 4.78 is 56.2. The van der Waals surface area contributed by atoms with Crippen LogP contribution in [0.15, 0.2) is 18.2 Å². The molecule has 7 heteroatoms. The summed E-state index contributed by atoms with van der Waals surface area (Å²) in [6, 6.07) is 2.34. The fraction of sp³-hybridized carbons (Fsp3) is 0.538. The van der Waals surface area contributed by atoms with Gasteiger partial charge < -0.3 is 17.7 Å². The maximum absolute atomic E-state index is 13.0. The maximum Gasteiger partial charge on any atom is 1.00 e. The Kier molecular flexibility index (Phi) is 10.4. The zero-order valence-electron chi connectivity index (χ0n) is 12.0. The number of halogens is 4. The van der Waals surface area contributed by atoms with Gasteiger partial charge in [0, 0.05) is 6.07 Å². The Bertz CT molecular complexity index is 398. The van der Waals surface area contributed by atoms with Crippen molar-refractivity contribution in [2.75, 3.05) is 6.61 Å². The molecule has 0 amide bonds. The smallest absolute Gasteiger partial charge is 0.496 e. The molecule has 0 atom stereocenters. The minimum absolute atomic E-state index is 0. The zero-order valence-corrected chi connectivity index (χ0v) is 15.1. The number of unbranched alkanes of at least 4 members (excludes halogenated alkanes) is 4. The topological polar surface area (TPSA) is 9.23 Å². The van der Waals surface area contributed by atoms with Crippen LogP contribution in [0.3, 0.4) is 0 Å². The van der Waals surface area contributed by atoms with Crippen molar-refractivity contribution in [2.45, 2.75) is 39.0 Å². The van der Waals surface area contributed by atoms with E-state index in [1.807, 2.05) is 0 Å². The normalized spacial score (nSPS) is 11.1. The van der Waals surface area contributed by atoms with Crippen LogP contribution in [-0.4, -0.2) is 13.6 Å². The maximum atomic E-state index is 13.0. The largest absolute Gasteiger partial charge is 1.00 e. The average molecular weight is 316 g/mol. The van der Waals surface area contributed by atoms with Crippen LogP contribution in [0.4, 0.5) is 17.3 Å². The first-order valence-electron chi connectivity index (χ1n) is 6.57. The molecule has 0 N–H and O–H groups in total. The molecule has 20 heavy (non-hydrogen) atoms. The molecule has 0 aliphatic heterocycles. The Morgan fingerprint density at radius 3 is 2.30 bits per heavy atom. The van der Waals surface area contributed by atoms with E-state index in [9.17, 15) is 17.3 Å². The molecule has 1 aromatic carbocycles. The van der Waals surface area contributed by atoms with Gasteiger partial charge in [-0.25, -0.2) is 4.39 Å². The monoisotopic (exact) mass is 316 g/mol. The van der Waals surface area contributed by atoms with E-state index < -0.39 is 24.0 Å². The second-order valence-electron chi connectivity index (χ2n) is 4.52. The molecule has 1 nitrogen and oxygen atoms in total. The molecule has 0 heterocycles. The Labute approximate surface area is 159 Å². The molecule has 108 valence electrons. The van der Waals surface area contributed by atoms with E-state index in [2.05, 4.69) is 6.92 Å². The summed E-state index contributed by atoms with van der Waals surface area (Å²) >= 11 is 0. The van der Waals surface area contributed by atoms with Crippen LogP contribution in [0.5, 0.6) is 5.75 Å². The second kappa shape index (κ2) is 10.2. The molecule has 0 spiro atoms. The average Bonchev–Trinajstić information content (AvgIpc) is 2.32. The van der Waals surface area contributed by atoms with E-state index in [0.29, 0.717) is 6.42 Å². The van der Waals surface area contributed by atoms with Gasteiger partial charge >= 0.3 is 58.4 Å². The predicted molar refractivity (Wildman–Crippen MR) is 69.4 cm³/mol. The summed E-state index contributed by atoms with van der Waals surface area (Å²) in [5.74, 6) is -1.12. The Balaban J connectivity index is 0.00000361. The summed E-state index contributed by atoms with van der Waals surface area (Å²) in [4.78, 5) is 0. The number of benzene rings is 1. The van der Waals surface area contributed by atoms with E-state index in [1.165, 1.54) is 0 Å². The molecule has 0 saturated heterocycles. The van der Waals surface area contributed by atoms with Gasteiger partial charge in [0.25, 0.3) is 0 Å². The van der Waals surface area contributed by atoms with Gasteiger partial charge in [0.15, 0.2) is 0 Å².